The molecule has 1 rings (SSSR count). The minimum Gasteiger partial charge on any atom is -0.480 e. The van der Waals surface area contributed by atoms with E-state index in [4.69, 9.17) is 5.11 Å². The Hall–Kier alpha value is -0.610. The average Bonchev–Trinajstić information content (AvgIpc) is 2.34. The van der Waals surface area contributed by atoms with Crippen LogP contribution in [0.3, 0.4) is 0 Å². The Balaban J connectivity index is 2.26. The van der Waals surface area contributed by atoms with E-state index < -0.39 is 5.97 Å². The van der Waals surface area contributed by atoms with Gasteiger partial charge in [-0.25, -0.2) is 0 Å². The Bertz CT molecular complexity index is 184. The Morgan fingerprint density at radius 1 is 1.69 bits per heavy atom. The molecule has 1 atom stereocenters. The van der Waals surface area contributed by atoms with Gasteiger partial charge in [-0.15, -0.1) is 0 Å². The van der Waals surface area contributed by atoms with Crippen molar-refractivity contribution < 1.29 is 9.90 Å². The normalized spacial score (nSPS) is 24.1. The second-order valence-electron chi connectivity index (χ2n) is 3.87. The van der Waals surface area contributed by atoms with E-state index in [1.54, 1.807) is 0 Å². The molecule has 1 aliphatic rings. The van der Waals surface area contributed by atoms with Crippen LogP contribution in [-0.4, -0.2) is 60.6 Å². The summed E-state index contributed by atoms with van der Waals surface area (Å²) in [4.78, 5) is 14.6. The van der Waals surface area contributed by atoms with Gasteiger partial charge in [0.2, 0.25) is 0 Å². The van der Waals surface area contributed by atoms with E-state index in [0.29, 0.717) is 6.04 Å². The topological polar surface area (TPSA) is 43.8 Å². The summed E-state index contributed by atoms with van der Waals surface area (Å²) in [5.74, 6) is -0.747. The van der Waals surface area contributed by atoms with Gasteiger partial charge in [-0.2, -0.15) is 0 Å². The van der Waals surface area contributed by atoms with Crippen molar-refractivity contribution in [2.24, 2.45) is 0 Å². The second kappa shape index (κ2) is 4.58. The number of carbonyl (C=O) groups is 1. The van der Waals surface area contributed by atoms with Gasteiger partial charge in [-0.05, 0) is 33.5 Å². The van der Waals surface area contributed by atoms with Gasteiger partial charge >= 0.3 is 5.97 Å². The van der Waals surface area contributed by atoms with Crippen molar-refractivity contribution in [1.82, 2.24) is 9.80 Å². The predicted molar refractivity (Wildman–Crippen MR) is 50.8 cm³/mol. The molecule has 0 amide bonds. The Labute approximate surface area is 79.1 Å². The highest BCUT2D eigenvalue weighted by atomic mass is 16.4. The first-order valence-corrected chi connectivity index (χ1v) is 4.70. The van der Waals surface area contributed by atoms with Gasteiger partial charge in [-0.1, -0.05) is 0 Å². The molecule has 0 spiro atoms. The van der Waals surface area contributed by atoms with Crippen molar-refractivity contribution in [3.8, 4) is 0 Å². The molecule has 0 saturated carbocycles. The van der Waals surface area contributed by atoms with Crippen LogP contribution in [-0.2, 0) is 4.79 Å². The van der Waals surface area contributed by atoms with Crippen LogP contribution in [0.4, 0.5) is 0 Å². The lowest BCUT2D eigenvalue weighted by Crippen LogP contribution is -2.38. The molecule has 76 valence electrons. The summed E-state index contributed by atoms with van der Waals surface area (Å²) in [6, 6.07) is 0.546. The fraction of sp³-hybridized carbons (Fsp3) is 0.889. The molecule has 4 heteroatoms. The zero-order valence-corrected chi connectivity index (χ0v) is 8.36. The van der Waals surface area contributed by atoms with Crippen LogP contribution < -0.4 is 0 Å². The maximum atomic E-state index is 10.4. The first-order chi connectivity index (χ1) is 6.09. The molecule has 1 aliphatic heterocycles. The summed E-state index contributed by atoms with van der Waals surface area (Å²) in [5, 5.41) is 8.57. The first-order valence-electron chi connectivity index (χ1n) is 4.70. The van der Waals surface area contributed by atoms with Crippen molar-refractivity contribution in [3.63, 3.8) is 0 Å². The van der Waals surface area contributed by atoms with Crippen LogP contribution >= 0.6 is 0 Å². The predicted octanol–water partition coefficient (Wildman–Crippen LogP) is 0.0970. The van der Waals surface area contributed by atoms with Crippen LogP contribution in [0.5, 0.6) is 0 Å². The number of carboxylic acids is 1. The van der Waals surface area contributed by atoms with Crippen LogP contribution in [0.1, 0.15) is 12.8 Å². The Kier molecular flexibility index (Phi) is 3.69. The molecule has 0 aromatic rings. The summed E-state index contributed by atoms with van der Waals surface area (Å²) < 4.78 is 0. The number of rotatable bonds is 4. The van der Waals surface area contributed by atoms with E-state index in [2.05, 4.69) is 11.9 Å². The third kappa shape index (κ3) is 3.32. The Morgan fingerprint density at radius 3 is 2.85 bits per heavy atom. The maximum absolute atomic E-state index is 10.4. The smallest absolute Gasteiger partial charge is 0.317 e. The highest BCUT2D eigenvalue weighted by Gasteiger charge is 2.22. The molecule has 0 radical (unpaired) electrons. The fourth-order valence-corrected chi connectivity index (χ4v) is 1.87. The zero-order chi connectivity index (χ0) is 9.84. The van der Waals surface area contributed by atoms with Crippen LogP contribution in [0.25, 0.3) is 0 Å². The number of likely N-dealkylation sites (tertiary alicyclic amines) is 1. The Morgan fingerprint density at radius 2 is 2.38 bits per heavy atom. The SMILES string of the molecule is CN(CC(=O)O)CC1CCCN1C. The molecule has 4 nitrogen and oxygen atoms in total. The summed E-state index contributed by atoms with van der Waals surface area (Å²) in [6.07, 6.45) is 2.43. The lowest BCUT2D eigenvalue weighted by atomic mass is 10.2. The van der Waals surface area contributed by atoms with Crippen molar-refractivity contribution in [3.05, 3.63) is 0 Å². The number of carboxylic acid groups (broad SMARTS) is 1. The minimum absolute atomic E-state index is 0.143. The summed E-state index contributed by atoms with van der Waals surface area (Å²) in [7, 11) is 3.96. The van der Waals surface area contributed by atoms with E-state index in [9.17, 15) is 4.79 Å². The molecule has 13 heavy (non-hydrogen) atoms. The average molecular weight is 186 g/mol. The van der Waals surface area contributed by atoms with Crippen molar-refractivity contribution in [2.45, 2.75) is 18.9 Å². The molecule has 0 aromatic heterocycles. The highest BCUT2D eigenvalue weighted by Crippen LogP contribution is 2.14. The highest BCUT2D eigenvalue weighted by molar-refractivity contribution is 5.69. The number of hydrogen-bond acceptors (Lipinski definition) is 3. The largest absolute Gasteiger partial charge is 0.480 e. The number of likely N-dealkylation sites (N-methyl/N-ethyl adjacent to an activating group) is 2. The van der Waals surface area contributed by atoms with Gasteiger partial charge in [0.05, 0.1) is 6.54 Å². The molecular weight excluding hydrogens is 168 g/mol. The van der Waals surface area contributed by atoms with E-state index in [1.807, 2.05) is 11.9 Å². The molecule has 1 heterocycles. The monoisotopic (exact) mass is 186 g/mol. The number of aliphatic carboxylic acids is 1. The second-order valence-corrected chi connectivity index (χ2v) is 3.87. The standard InChI is InChI=1S/C9H18N2O2/c1-10(7-9(12)13)6-8-4-3-5-11(8)2/h8H,3-7H2,1-2H3,(H,12,13). The fourth-order valence-electron chi connectivity index (χ4n) is 1.87. The lowest BCUT2D eigenvalue weighted by Gasteiger charge is -2.24. The molecule has 0 aromatic carbocycles. The van der Waals surface area contributed by atoms with Crippen LogP contribution in [0.2, 0.25) is 0 Å². The molecule has 1 N–H and O–H groups in total. The van der Waals surface area contributed by atoms with Crippen LogP contribution in [0, 0.1) is 0 Å². The lowest BCUT2D eigenvalue weighted by molar-refractivity contribution is -0.138. The van der Waals surface area contributed by atoms with E-state index in [-0.39, 0.29) is 6.54 Å². The van der Waals surface area contributed by atoms with E-state index >= 15 is 0 Å². The van der Waals surface area contributed by atoms with Gasteiger partial charge < -0.3 is 10.0 Å². The minimum atomic E-state index is -0.747. The third-order valence-electron chi connectivity index (χ3n) is 2.60. The van der Waals surface area contributed by atoms with Gasteiger partial charge in [0, 0.05) is 12.6 Å². The van der Waals surface area contributed by atoms with Crippen LogP contribution in [0.15, 0.2) is 0 Å². The molecule has 1 fully saturated rings. The van der Waals surface area contributed by atoms with Gasteiger partial charge in [-0.3, -0.25) is 9.69 Å². The molecular formula is C9H18N2O2. The summed E-state index contributed by atoms with van der Waals surface area (Å²) in [6.45, 7) is 2.15. The zero-order valence-electron chi connectivity index (χ0n) is 8.36. The van der Waals surface area contributed by atoms with Gasteiger partial charge in [0.25, 0.3) is 0 Å². The molecule has 0 bridgehead atoms. The summed E-state index contributed by atoms with van der Waals surface area (Å²) in [5.41, 5.74) is 0. The van der Waals surface area contributed by atoms with Crippen molar-refractivity contribution >= 4 is 5.97 Å². The maximum Gasteiger partial charge on any atom is 0.317 e. The third-order valence-corrected chi connectivity index (χ3v) is 2.60. The van der Waals surface area contributed by atoms with E-state index in [1.165, 1.54) is 12.8 Å². The van der Waals surface area contributed by atoms with Crippen molar-refractivity contribution in [1.29, 1.82) is 0 Å². The molecule has 1 saturated heterocycles. The molecule has 1 unspecified atom stereocenters. The molecule has 0 aliphatic carbocycles. The van der Waals surface area contributed by atoms with Crippen molar-refractivity contribution in [2.75, 3.05) is 33.7 Å². The quantitative estimate of drug-likeness (QED) is 0.676. The first kappa shape index (κ1) is 10.5. The number of nitrogens with zero attached hydrogens (tertiary/aromatic N) is 2. The van der Waals surface area contributed by atoms with Gasteiger partial charge in [0.15, 0.2) is 0 Å². The van der Waals surface area contributed by atoms with Gasteiger partial charge in [0.1, 0.15) is 0 Å². The van der Waals surface area contributed by atoms with E-state index in [0.717, 1.165) is 13.1 Å². The summed E-state index contributed by atoms with van der Waals surface area (Å²) >= 11 is 0. The number of hydrogen-bond donors (Lipinski definition) is 1.